The molecule has 0 N–H and O–H groups in total. The lowest BCUT2D eigenvalue weighted by Crippen LogP contribution is -2.36. The zero-order valence-electron chi connectivity index (χ0n) is 16.1. The van der Waals surface area contributed by atoms with Gasteiger partial charge in [-0.15, -0.1) is 0 Å². The fraction of sp³-hybridized carbons (Fsp3) is 0.429. The average molecular weight is 432 g/mol. The molecule has 0 atom stereocenters. The zero-order chi connectivity index (χ0) is 19.4. The molecule has 1 aromatic heterocycles. The number of nitrogens with zero attached hydrogens (tertiary/aromatic N) is 3. The summed E-state index contributed by atoms with van der Waals surface area (Å²) in [5.41, 5.74) is 2.59. The van der Waals surface area contributed by atoms with Crippen molar-refractivity contribution in [2.24, 2.45) is 7.05 Å². The summed E-state index contributed by atoms with van der Waals surface area (Å²) in [6.07, 6.45) is 5.92. The number of hydrogen-bond acceptors (Lipinski definition) is 4. The molecule has 6 heteroatoms. The van der Waals surface area contributed by atoms with Gasteiger partial charge in [0.2, 0.25) is 5.78 Å². The quantitative estimate of drug-likeness (QED) is 0.507. The summed E-state index contributed by atoms with van der Waals surface area (Å²) in [4.78, 5) is 19.4. The van der Waals surface area contributed by atoms with Crippen molar-refractivity contribution in [1.82, 2.24) is 14.5 Å². The van der Waals surface area contributed by atoms with Crippen LogP contribution in [0.1, 0.15) is 42.7 Å². The normalized spacial score (nSPS) is 15.2. The highest BCUT2D eigenvalue weighted by Crippen LogP contribution is 2.19. The Morgan fingerprint density at radius 2 is 1.93 bits per heavy atom. The molecule has 0 radical (unpaired) electrons. The van der Waals surface area contributed by atoms with Crippen LogP contribution in [0.25, 0.3) is 0 Å². The van der Waals surface area contributed by atoms with E-state index in [1.807, 2.05) is 19.2 Å². The summed E-state index contributed by atoms with van der Waals surface area (Å²) in [7, 11) is 1.81. The van der Waals surface area contributed by atoms with Gasteiger partial charge in [0.05, 0.1) is 6.20 Å². The molecule has 2 heterocycles. The van der Waals surface area contributed by atoms with Crippen LogP contribution in [0.5, 0.6) is 6.01 Å². The van der Waals surface area contributed by atoms with Crippen LogP contribution in [-0.4, -0.2) is 46.0 Å². The van der Waals surface area contributed by atoms with Gasteiger partial charge in [0, 0.05) is 36.2 Å². The summed E-state index contributed by atoms with van der Waals surface area (Å²) in [6.45, 7) is 7.18. The lowest BCUT2D eigenvalue weighted by atomic mass is 10.0. The van der Waals surface area contributed by atoms with Crippen LogP contribution < -0.4 is 4.74 Å². The lowest BCUT2D eigenvalue weighted by Gasteiger charge is -2.31. The number of piperidine rings is 1. The van der Waals surface area contributed by atoms with Crippen molar-refractivity contribution in [3.63, 3.8) is 0 Å². The van der Waals surface area contributed by atoms with Crippen molar-refractivity contribution in [2.75, 3.05) is 19.7 Å². The van der Waals surface area contributed by atoms with Crippen LogP contribution in [0.4, 0.5) is 0 Å². The predicted octanol–water partition coefficient (Wildman–Crippen LogP) is 4.22. The van der Waals surface area contributed by atoms with Gasteiger partial charge >= 0.3 is 0 Å². The predicted molar refractivity (Wildman–Crippen MR) is 110 cm³/mol. The molecule has 1 aliphatic rings. The molecule has 1 aliphatic heterocycles. The van der Waals surface area contributed by atoms with Crippen LogP contribution >= 0.6 is 15.9 Å². The van der Waals surface area contributed by atoms with E-state index in [4.69, 9.17) is 4.74 Å². The van der Waals surface area contributed by atoms with Crippen LogP contribution in [0, 0.1) is 0 Å². The summed E-state index contributed by atoms with van der Waals surface area (Å²) in [5.74, 6) is -0.0632. The highest BCUT2D eigenvalue weighted by molar-refractivity contribution is 9.10. The van der Waals surface area contributed by atoms with E-state index in [1.165, 1.54) is 5.57 Å². The van der Waals surface area contributed by atoms with Crippen LogP contribution in [0.2, 0.25) is 0 Å². The topological polar surface area (TPSA) is 47.4 Å². The number of carbonyl (C=O) groups is 1. The number of carbonyl (C=O) groups excluding carboxylic acids is 1. The first-order valence-corrected chi connectivity index (χ1v) is 10.1. The van der Waals surface area contributed by atoms with Gasteiger partial charge in [-0.2, -0.15) is 0 Å². The molecule has 0 unspecified atom stereocenters. The Morgan fingerprint density at radius 3 is 2.56 bits per heavy atom. The Balaban J connectivity index is 1.59. The first-order chi connectivity index (χ1) is 13.0. The highest BCUT2D eigenvalue weighted by atomic mass is 79.9. The minimum Gasteiger partial charge on any atom is -0.460 e. The van der Waals surface area contributed by atoms with Crippen molar-refractivity contribution < 1.29 is 9.53 Å². The van der Waals surface area contributed by atoms with Gasteiger partial charge < -0.3 is 9.64 Å². The number of ketones is 1. The van der Waals surface area contributed by atoms with Crippen LogP contribution in [0.3, 0.4) is 0 Å². The van der Waals surface area contributed by atoms with E-state index in [0.717, 1.165) is 30.4 Å². The van der Waals surface area contributed by atoms with Gasteiger partial charge in [0.1, 0.15) is 12.3 Å². The molecule has 0 saturated carbocycles. The Morgan fingerprint density at radius 1 is 1.26 bits per heavy atom. The summed E-state index contributed by atoms with van der Waals surface area (Å²) >= 11 is 3.38. The Labute approximate surface area is 169 Å². The number of imidazole rings is 1. The minimum absolute atomic E-state index is 0.0632. The van der Waals surface area contributed by atoms with Gasteiger partial charge in [0.15, 0.2) is 0 Å². The Hall–Kier alpha value is -1.92. The SMILES string of the molecule is CC(C)N1CCC(=CCOc2ncc(C(=O)c3ccc(Br)cc3)n2C)CC1. The average Bonchev–Trinajstić information content (AvgIpc) is 3.03. The van der Waals surface area contributed by atoms with Crippen molar-refractivity contribution in [2.45, 2.75) is 32.7 Å². The third-order valence-electron chi connectivity index (χ3n) is 5.04. The van der Waals surface area contributed by atoms with E-state index in [1.54, 1.807) is 22.9 Å². The first-order valence-electron chi connectivity index (χ1n) is 9.32. The van der Waals surface area contributed by atoms with Crippen molar-refractivity contribution in [3.05, 3.63) is 57.8 Å². The van der Waals surface area contributed by atoms with Crippen molar-refractivity contribution in [1.29, 1.82) is 0 Å². The molecular formula is C21H26BrN3O2. The summed E-state index contributed by atoms with van der Waals surface area (Å²) in [6, 6.07) is 8.39. The third kappa shape index (κ3) is 4.87. The van der Waals surface area contributed by atoms with Crippen LogP contribution in [0.15, 0.2) is 46.6 Å². The van der Waals surface area contributed by atoms with E-state index in [2.05, 4.69) is 45.7 Å². The second-order valence-electron chi connectivity index (χ2n) is 7.12. The summed E-state index contributed by atoms with van der Waals surface area (Å²) in [5, 5.41) is 0. The molecule has 1 aromatic carbocycles. The van der Waals surface area contributed by atoms with E-state index in [-0.39, 0.29) is 5.78 Å². The molecular weight excluding hydrogens is 406 g/mol. The number of ether oxygens (including phenoxy) is 1. The number of aromatic nitrogens is 2. The molecule has 5 nitrogen and oxygen atoms in total. The number of benzene rings is 1. The fourth-order valence-corrected chi connectivity index (χ4v) is 3.52. The minimum atomic E-state index is -0.0632. The molecule has 0 aliphatic carbocycles. The largest absolute Gasteiger partial charge is 0.460 e. The molecule has 3 rings (SSSR count). The maximum atomic E-state index is 12.7. The maximum Gasteiger partial charge on any atom is 0.296 e. The Kier molecular flexibility index (Phi) is 6.50. The van der Waals surface area contributed by atoms with Gasteiger partial charge in [-0.25, -0.2) is 4.98 Å². The second-order valence-corrected chi connectivity index (χ2v) is 8.04. The number of likely N-dealkylation sites (tertiary alicyclic amines) is 1. The van der Waals surface area contributed by atoms with Crippen molar-refractivity contribution in [3.8, 4) is 6.01 Å². The maximum absolute atomic E-state index is 12.7. The second kappa shape index (κ2) is 8.85. The molecule has 0 amide bonds. The molecule has 1 fully saturated rings. The number of halogens is 1. The third-order valence-corrected chi connectivity index (χ3v) is 5.57. The molecule has 1 saturated heterocycles. The standard InChI is InChI=1S/C21H26BrN3O2/c1-15(2)25-11-8-16(9-12-25)10-13-27-21-23-14-19(24(21)3)20(26)17-4-6-18(22)7-5-17/h4-7,10,14-15H,8-9,11-13H2,1-3H3. The highest BCUT2D eigenvalue weighted by Gasteiger charge is 2.18. The van der Waals surface area contributed by atoms with E-state index in [9.17, 15) is 4.79 Å². The Bertz CT molecular complexity index is 814. The molecule has 144 valence electrons. The van der Waals surface area contributed by atoms with Gasteiger partial charge in [-0.1, -0.05) is 21.5 Å². The van der Waals surface area contributed by atoms with E-state index >= 15 is 0 Å². The molecule has 0 bridgehead atoms. The van der Waals surface area contributed by atoms with Gasteiger partial charge in [-0.3, -0.25) is 9.36 Å². The summed E-state index contributed by atoms with van der Waals surface area (Å²) < 4.78 is 8.46. The lowest BCUT2D eigenvalue weighted by molar-refractivity contribution is 0.103. The number of hydrogen-bond donors (Lipinski definition) is 0. The molecule has 27 heavy (non-hydrogen) atoms. The van der Waals surface area contributed by atoms with Gasteiger partial charge in [0.25, 0.3) is 6.01 Å². The van der Waals surface area contributed by atoms with Crippen molar-refractivity contribution >= 4 is 21.7 Å². The zero-order valence-corrected chi connectivity index (χ0v) is 17.7. The first kappa shape index (κ1) is 19.8. The fourth-order valence-electron chi connectivity index (χ4n) is 3.25. The van der Waals surface area contributed by atoms with E-state index < -0.39 is 0 Å². The molecule has 0 spiro atoms. The van der Waals surface area contributed by atoms with Gasteiger partial charge in [-0.05, 0) is 57.0 Å². The monoisotopic (exact) mass is 431 g/mol. The number of rotatable bonds is 6. The molecule has 2 aromatic rings. The van der Waals surface area contributed by atoms with Crippen LogP contribution in [-0.2, 0) is 7.05 Å². The smallest absolute Gasteiger partial charge is 0.296 e. The van der Waals surface area contributed by atoms with E-state index in [0.29, 0.717) is 29.9 Å².